The minimum Gasteiger partial charge on any atom is -0.389 e. The van der Waals surface area contributed by atoms with Gasteiger partial charge in [-0.2, -0.15) is 0 Å². The standard InChI is InChI=1S/C14H18FNO2/c1-9(17)13-6-10(15)2-5-14(13)16-7-11-3-4-12(8-16)18-11/h2,5-6,9,11-12,17H,3-4,7-8H2,1H3. The third-order valence-corrected chi connectivity index (χ3v) is 3.82. The van der Waals surface area contributed by atoms with E-state index in [0.717, 1.165) is 31.6 Å². The third kappa shape index (κ3) is 2.10. The van der Waals surface area contributed by atoms with Crippen molar-refractivity contribution in [2.45, 2.75) is 38.1 Å². The zero-order valence-corrected chi connectivity index (χ0v) is 10.5. The Kier molecular flexibility index (Phi) is 2.99. The maximum atomic E-state index is 13.3. The first-order chi connectivity index (χ1) is 8.63. The van der Waals surface area contributed by atoms with Gasteiger partial charge in [-0.1, -0.05) is 0 Å². The summed E-state index contributed by atoms with van der Waals surface area (Å²) in [6.45, 7) is 3.34. The lowest BCUT2D eigenvalue weighted by Gasteiger charge is -2.35. The van der Waals surface area contributed by atoms with Gasteiger partial charge in [-0.25, -0.2) is 4.39 Å². The molecule has 2 heterocycles. The zero-order valence-electron chi connectivity index (χ0n) is 10.5. The van der Waals surface area contributed by atoms with Crippen LogP contribution in [-0.4, -0.2) is 30.4 Å². The van der Waals surface area contributed by atoms with Crippen LogP contribution in [0.2, 0.25) is 0 Å². The lowest BCUT2D eigenvalue weighted by Crippen LogP contribution is -2.43. The Hall–Kier alpha value is -1.13. The van der Waals surface area contributed by atoms with Gasteiger partial charge in [0.2, 0.25) is 0 Å². The van der Waals surface area contributed by atoms with Crippen molar-refractivity contribution in [1.82, 2.24) is 0 Å². The highest BCUT2D eigenvalue weighted by atomic mass is 19.1. The van der Waals surface area contributed by atoms with Crippen LogP contribution in [0.3, 0.4) is 0 Å². The first-order valence-electron chi connectivity index (χ1n) is 6.51. The molecule has 3 rings (SSSR count). The predicted octanol–water partition coefficient (Wildman–Crippen LogP) is 2.25. The van der Waals surface area contributed by atoms with E-state index in [2.05, 4.69) is 4.90 Å². The number of fused-ring (bicyclic) bond motifs is 2. The van der Waals surface area contributed by atoms with Gasteiger partial charge in [0.1, 0.15) is 5.82 Å². The number of halogens is 1. The van der Waals surface area contributed by atoms with Crippen molar-refractivity contribution in [2.24, 2.45) is 0 Å². The summed E-state index contributed by atoms with van der Waals surface area (Å²) in [6.07, 6.45) is 2.13. The molecule has 2 aliphatic rings. The molecule has 2 aliphatic heterocycles. The fraction of sp³-hybridized carbons (Fsp3) is 0.571. The Morgan fingerprint density at radius 3 is 2.61 bits per heavy atom. The first-order valence-corrected chi connectivity index (χ1v) is 6.51. The van der Waals surface area contributed by atoms with Crippen LogP contribution in [-0.2, 0) is 4.74 Å². The first kappa shape index (κ1) is 11.9. The van der Waals surface area contributed by atoms with E-state index >= 15 is 0 Å². The van der Waals surface area contributed by atoms with Crippen molar-refractivity contribution >= 4 is 5.69 Å². The Morgan fingerprint density at radius 2 is 2.00 bits per heavy atom. The van der Waals surface area contributed by atoms with Crippen LogP contribution in [0, 0.1) is 5.82 Å². The van der Waals surface area contributed by atoms with Crippen LogP contribution in [0.15, 0.2) is 18.2 Å². The maximum Gasteiger partial charge on any atom is 0.123 e. The molecule has 18 heavy (non-hydrogen) atoms. The lowest BCUT2D eigenvalue weighted by molar-refractivity contribution is 0.0303. The zero-order chi connectivity index (χ0) is 12.7. The van der Waals surface area contributed by atoms with E-state index in [0.29, 0.717) is 5.56 Å². The summed E-state index contributed by atoms with van der Waals surface area (Å²) < 4.78 is 19.1. The van der Waals surface area contributed by atoms with Crippen molar-refractivity contribution < 1.29 is 14.2 Å². The van der Waals surface area contributed by atoms with E-state index in [9.17, 15) is 9.50 Å². The van der Waals surface area contributed by atoms with E-state index in [-0.39, 0.29) is 18.0 Å². The molecule has 1 aromatic rings. The van der Waals surface area contributed by atoms with Gasteiger partial charge in [0.05, 0.1) is 18.3 Å². The van der Waals surface area contributed by atoms with Gasteiger partial charge in [0.15, 0.2) is 0 Å². The Balaban J connectivity index is 1.91. The summed E-state index contributed by atoms with van der Waals surface area (Å²) in [4.78, 5) is 2.22. The van der Waals surface area contributed by atoms with E-state index in [4.69, 9.17) is 4.74 Å². The van der Waals surface area contributed by atoms with Gasteiger partial charge in [-0.15, -0.1) is 0 Å². The molecule has 4 heteroatoms. The largest absolute Gasteiger partial charge is 0.389 e. The topological polar surface area (TPSA) is 32.7 Å². The average Bonchev–Trinajstić information content (AvgIpc) is 2.68. The Labute approximate surface area is 106 Å². The second-order valence-electron chi connectivity index (χ2n) is 5.24. The SMILES string of the molecule is CC(O)c1cc(F)ccc1N1CC2CCC(C1)O2. The van der Waals surface area contributed by atoms with Crippen LogP contribution in [0.1, 0.15) is 31.4 Å². The molecule has 0 aliphatic carbocycles. The molecule has 3 unspecified atom stereocenters. The summed E-state index contributed by atoms with van der Waals surface area (Å²) in [5, 5.41) is 9.78. The molecule has 2 bridgehead atoms. The second-order valence-corrected chi connectivity index (χ2v) is 5.24. The summed E-state index contributed by atoms with van der Waals surface area (Å²) >= 11 is 0. The molecule has 3 nitrogen and oxygen atoms in total. The fourth-order valence-corrected chi connectivity index (χ4v) is 2.96. The van der Waals surface area contributed by atoms with Crippen molar-refractivity contribution in [3.05, 3.63) is 29.6 Å². The second kappa shape index (κ2) is 4.52. The van der Waals surface area contributed by atoms with Crippen LogP contribution in [0.25, 0.3) is 0 Å². The highest BCUT2D eigenvalue weighted by Crippen LogP contribution is 2.33. The van der Waals surface area contributed by atoms with Crippen molar-refractivity contribution in [1.29, 1.82) is 0 Å². The number of rotatable bonds is 2. The molecular formula is C14H18FNO2. The number of hydrogen-bond donors (Lipinski definition) is 1. The number of aliphatic hydroxyl groups excluding tert-OH is 1. The number of morpholine rings is 1. The van der Waals surface area contributed by atoms with Crippen LogP contribution < -0.4 is 4.90 Å². The molecule has 0 radical (unpaired) electrons. The summed E-state index contributed by atoms with van der Waals surface area (Å²) in [7, 11) is 0. The number of nitrogens with zero attached hydrogens (tertiary/aromatic N) is 1. The molecule has 2 fully saturated rings. The predicted molar refractivity (Wildman–Crippen MR) is 67.1 cm³/mol. The van der Waals surface area contributed by atoms with Gasteiger partial charge in [0.25, 0.3) is 0 Å². The number of anilines is 1. The molecule has 0 aromatic heterocycles. The quantitative estimate of drug-likeness (QED) is 0.875. The Bertz CT molecular complexity index is 437. The summed E-state index contributed by atoms with van der Waals surface area (Å²) in [5.74, 6) is -0.300. The van der Waals surface area contributed by atoms with E-state index in [1.165, 1.54) is 12.1 Å². The summed E-state index contributed by atoms with van der Waals surface area (Å²) in [6, 6.07) is 4.65. The number of benzene rings is 1. The molecule has 2 saturated heterocycles. The minimum atomic E-state index is -0.656. The van der Waals surface area contributed by atoms with E-state index < -0.39 is 6.10 Å². The van der Waals surface area contributed by atoms with E-state index in [1.54, 1.807) is 13.0 Å². The average molecular weight is 251 g/mol. The third-order valence-electron chi connectivity index (χ3n) is 3.82. The highest BCUT2D eigenvalue weighted by Gasteiger charge is 2.34. The van der Waals surface area contributed by atoms with E-state index in [1.807, 2.05) is 0 Å². The van der Waals surface area contributed by atoms with Crippen molar-refractivity contribution in [3.63, 3.8) is 0 Å². The lowest BCUT2D eigenvalue weighted by atomic mass is 10.1. The monoisotopic (exact) mass is 251 g/mol. The molecule has 1 N–H and O–H groups in total. The normalized spacial score (nSPS) is 28.5. The van der Waals surface area contributed by atoms with Gasteiger partial charge >= 0.3 is 0 Å². The molecule has 0 saturated carbocycles. The molecule has 3 atom stereocenters. The minimum absolute atomic E-state index is 0.288. The van der Waals surface area contributed by atoms with Crippen molar-refractivity contribution in [2.75, 3.05) is 18.0 Å². The summed E-state index contributed by atoms with van der Waals surface area (Å²) in [5.41, 5.74) is 1.60. The Morgan fingerprint density at radius 1 is 1.33 bits per heavy atom. The molecule has 0 amide bonds. The van der Waals surface area contributed by atoms with Gasteiger partial charge in [-0.3, -0.25) is 0 Å². The number of aliphatic hydroxyl groups is 1. The molecular weight excluding hydrogens is 233 g/mol. The van der Waals surface area contributed by atoms with Gasteiger partial charge in [0, 0.05) is 24.3 Å². The number of ether oxygens (including phenoxy) is 1. The van der Waals surface area contributed by atoms with Crippen LogP contribution >= 0.6 is 0 Å². The molecule has 1 aromatic carbocycles. The smallest absolute Gasteiger partial charge is 0.123 e. The van der Waals surface area contributed by atoms with Gasteiger partial charge in [-0.05, 0) is 38.0 Å². The molecule has 0 spiro atoms. The highest BCUT2D eigenvalue weighted by molar-refractivity contribution is 5.55. The van der Waals surface area contributed by atoms with Crippen LogP contribution in [0.5, 0.6) is 0 Å². The number of hydrogen-bond acceptors (Lipinski definition) is 3. The van der Waals surface area contributed by atoms with Crippen molar-refractivity contribution in [3.8, 4) is 0 Å². The maximum absolute atomic E-state index is 13.3. The van der Waals surface area contributed by atoms with Gasteiger partial charge < -0.3 is 14.7 Å². The molecule has 98 valence electrons. The van der Waals surface area contributed by atoms with Crippen LogP contribution in [0.4, 0.5) is 10.1 Å². The fourth-order valence-electron chi connectivity index (χ4n) is 2.96.